The van der Waals surface area contributed by atoms with Gasteiger partial charge in [0.2, 0.25) is 5.95 Å². The van der Waals surface area contributed by atoms with Gasteiger partial charge in [0.15, 0.2) is 0 Å². The van der Waals surface area contributed by atoms with Crippen LogP contribution in [0.25, 0.3) is 97.9 Å². The second-order valence-electron chi connectivity index (χ2n) is 13.0. The van der Waals surface area contributed by atoms with Gasteiger partial charge in [-0.1, -0.05) is 127 Å². The van der Waals surface area contributed by atoms with Crippen molar-refractivity contribution >= 4 is 75.1 Å². The van der Waals surface area contributed by atoms with Crippen molar-refractivity contribution in [2.24, 2.45) is 0 Å². The van der Waals surface area contributed by atoms with Crippen molar-refractivity contribution in [3.05, 3.63) is 170 Å². The first-order valence-electron chi connectivity index (χ1n) is 17.2. The highest BCUT2D eigenvalue weighted by Gasteiger charge is 2.23. The van der Waals surface area contributed by atoms with Crippen LogP contribution in [0.2, 0.25) is 0 Å². The number of fused-ring (bicyclic) bond motifs is 10. The molecule has 0 atom stereocenters. The Labute approximate surface area is 297 Å². The predicted molar refractivity (Wildman–Crippen MR) is 214 cm³/mol. The first-order valence-corrected chi connectivity index (χ1v) is 18.0. The van der Waals surface area contributed by atoms with E-state index in [2.05, 4.69) is 173 Å². The molecule has 4 aromatic heterocycles. The topological polar surface area (TPSA) is 35.6 Å². The Morgan fingerprint density at radius 2 is 0.902 bits per heavy atom. The number of thiophene rings is 1. The Morgan fingerprint density at radius 3 is 1.63 bits per heavy atom. The molecule has 0 aliphatic carbocycles. The molecule has 0 radical (unpaired) electrons. The Hall–Kier alpha value is -6.56. The molecule has 0 fully saturated rings. The summed E-state index contributed by atoms with van der Waals surface area (Å²) in [4.78, 5) is 10.8. The highest BCUT2D eigenvalue weighted by atomic mass is 32.1. The Bertz CT molecular complexity index is 3130. The van der Waals surface area contributed by atoms with E-state index >= 15 is 0 Å². The summed E-state index contributed by atoms with van der Waals surface area (Å²) >= 11 is 1.83. The number of nitrogens with zero attached hydrogens (tertiary/aromatic N) is 4. The molecular weight excluding hydrogens is 641 g/mol. The van der Waals surface area contributed by atoms with Crippen molar-refractivity contribution < 1.29 is 0 Å². The van der Waals surface area contributed by atoms with Crippen LogP contribution >= 0.6 is 11.3 Å². The second-order valence-corrected chi connectivity index (χ2v) is 14.1. The molecule has 11 rings (SSSR count). The van der Waals surface area contributed by atoms with Gasteiger partial charge in [-0.05, 0) is 42.5 Å². The number of para-hydroxylation sites is 3. The smallest absolute Gasteiger partial charge is 0.235 e. The molecule has 7 aromatic carbocycles. The molecule has 0 N–H and O–H groups in total. The van der Waals surface area contributed by atoms with Gasteiger partial charge in [0.05, 0.1) is 33.5 Å². The minimum Gasteiger partial charge on any atom is -0.307 e. The van der Waals surface area contributed by atoms with Gasteiger partial charge in [-0.15, -0.1) is 11.3 Å². The van der Waals surface area contributed by atoms with Gasteiger partial charge in [0.25, 0.3) is 0 Å². The Morgan fingerprint density at radius 1 is 0.373 bits per heavy atom. The lowest BCUT2D eigenvalue weighted by atomic mass is 10.1. The third-order valence-corrected chi connectivity index (χ3v) is 11.3. The Kier molecular flexibility index (Phi) is 6.09. The van der Waals surface area contributed by atoms with E-state index in [1.165, 1.54) is 47.2 Å². The number of rotatable bonds is 4. The molecule has 0 aliphatic rings. The molecule has 238 valence electrons. The Balaban J connectivity index is 1.27. The monoisotopic (exact) mass is 668 g/mol. The van der Waals surface area contributed by atoms with Crippen LogP contribution in [0.4, 0.5) is 0 Å². The van der Waals surface area contributed by atoms with Crippen molar-refractivity contribution in [2.45, 2.75) is 0 Å². The van der Waals surface area contributed by atoms with E-state index in [9.17, 15) is 0 Å². The molecule has 4 heterocycles. The van der Waals surface area contributed by atoms with Crippen molar-refractivity contribution in [3.63, 3.8) is 0 Å². The molecule has 0 aliphatic heterocycles. The quantitative estimate of drug-likeness (QED) is 0.187. The van der Waals surface area contributed by atoms with E-state index < -0.39 is 0 Å². The lowest BCUT2D eigenvalue weighted by Gasteiger charge is -2.14. The van der Waals surface area contributed by atoms with Crippen molar-refractivity contribution in [1.29, 1.82) is 0 Å². The fourth-order valence-electron chi connectivity index (χ4n) is 7.88. The summed E-state index contributed by atoms with van der Waals surface area (Å²) in [5.41, 5.74) is 9.47. The van der Waals surface area contributed by atoms with Crippen LogP contribution in [0.3, 0.4) is 0 Å². The van der Waals surface area contributed by atoms with E-state index in [-0.39, 0.29) is 0 Å². The summed E-state index contributed by atoms with van der Waals surface area (Å²) in [7, 11) is 0. The summed E-state index contributed by atoms with van der Waals surface area (Å²) in [6, 6.07) is 60.5. The summed E-state index contributed by atoms with van der Waals surface area (Å²) in [6.07, 6.45) is 0. The summed E-state index contributed by atoms with van der Waals surface area (Å²) in [5.74, 6) is 0.645. The van der Waals surface area contributed by atoms with Crippen molar-refractivity contribution in [1.82, 2.24) is 19.1 Å². The average Bonchev–Trinajstić information content (AvgIpc) is 3.86. The third-order valence-electron chi connectivity index (χ3n) is 10.1. The molecule has 0 saturated carbocycles. The molecule has 11 aromatic rings. The maximum Gasteiger partial charge on any atom is 0.235 e. The van der Waals surface area contributed by atoms with Gasteiger partial charge in [-0.3, -0.25) is 4.57 Å². The first-order chi connectivity index (χ1) is 25.3. The van der Waals surface area contributed by atoms with Crippen LogP contribution in [0.1, 0.15) is 0 Å². The molecule has 0 amide bonds. The summed E-state index contributed by atoms with van der Waals surface area (Å²) in [5, 5.41) is 7.31. The minimum absolute atomic E-state index is 0.645. The SMILES string of the molecule is c1ccc(-c2cc(-c3ccc4c(c3)sc3ccccc34)nc(-n3c4ccccc4c4ccc5c6ccccc6n(-c6ccccc6)c5c43)n2)cc1. The van der Waals surface area contributed by atoms with E-state index in [4.69, 9.17) is 9.97 Å². The molecule has 0 spiro atoms. The summed E-state index contributed by atoms with van der Waals surface area (Å²) in [6.45, 7) is 0. The first kappa shape index (κ1) is 28.3. The van der Waals surface area contributed by atoms with E-state index in [1.807, 2.05) is 17.4 Å². The standard InChI is InChI=1S/C46H28N4S/c1-3-13-29(14-4-1)38-28-39(30-23-24-35-34-19-9-12-22-42(34)51-43(35)27-30)48-46(47-38)50-41-21-11-8-18-33(41)37-26-25-36-32-17-7-10-20-40(32)49(44(36)45(37)50)31-15-5-2-6-16-31/h1-28H. The number of hydrogen-bond donors (Lipinski definition) is 0. The van der Waals surface area contributed by atoms with Crippen LogP contribution < -0.4 is 0 Å². The molecule has 0 saturated heterocycles. The molecule has 0 unspecified atom stereocenters. The van der Waals surface area contributed by atoms with Crippen molar-refractivity contribution in [3.8, 4) is 34.2 Å². The van der Waals surface area contributed by atoms with Gasteiger partial charge in [0, 0.05) is 58.5 Å². The highest BCUT2D eigenvalue weighted by Crippen LogP contribution is 2.42. The maximum absolute atomic E-state index is 5.44. The van der Waals surface area contributed by atoms with Crippen molar-refractivity contribution in [2.75, 3.05) is 0 Å². The van der Waals surface area contributed by atoms with Crippen LogP contribution in [-0.4, -0.2) is 19.1 Å². The summed E-state index contributed by atoms with van der Waals surface area (Å²) < 4.78 is 7.24. The molecular formula is C46H28N4S. The molecule has 4 nitrogen and oxygen atoms in total. The van der Waals surface area contributed by atoms with Gasteiger partial charge in [0.1, 0.15) is 0 Å². The fourth-order valence-corrected chi connectivity index (χ4v) is 9.02. The van der Waals surface area contributed by atoms with Crippen LogP contribution in [-0.2, 0) is 0 Å². The number of aromatic nitrogens is 4. The van der Waals surface area contributed by atoms with E-state index in [0.29, 0.717) is 5.95 Å². The van der Waals surface area contributed by atoms with Gasteiger partial charge < -0.3 is 4.57 Å². The van der Waals surface area contributed by atoms with Crippen LogP contribution in [0.15, 0.2) is 170 Å². The van der Waals surface area contributed by atoms with E-state index in [0.717, 1.165) is 44.8 Å². The normalized spacial score (nSPS) is 11.9. The largest absolute Gasteiger partial charge is 0.307 e. The fraction of sp³-hybridized carbons (Fsp3) is 0. The highest BCUT2D eigenvalue weighted by molar-refractivity contribution is 7.25. The zero-order chi connectivity index (χ0) is 33.5. The van der Waals surface area contributed by atoms with Crippen LogP contribution in [0, 0.1) is 0 Å². The van der Waals surface area contributed by atoms with Gasteiger partial charge >= 0.3 is 0 Å². The third kappa shape index (κ3) is 4.25. The van der Waals surface area contributed by atoms with Gasteiger partial charge in [-0.25, -0.2) is 9.97 Å². The lowest BCUT2D eigenvalue weighted by molar-refractivity contribution is 0.995. The number of benzene rings is 7. The second kappa shape index (κ2) is 11.0. The molecule has 51 heavy (non-hydrogen) atoms. The molecule has 5 heteroatoms. The number of hydrogen-bond acceptors (Lipinski definition) is 3. The average molecular weight is 669 g/mol. The van der Waals surface area contributed by atoms with Crippen LogP contribution in [0.5, 0.6) is 0 Å². The minimum atomic E-state index is 0.645. The predicted octanol–water partition coefficient (Wildman–Crippen LogP) is 12.4. The maximum atomic E-state index is 5.44. The lowest BCUT2D eigenvalue weighted by Crippen LogP contribution is -2.05. The zero-order valence-electron chi connectivity index (χ0n) is 27.4. The van der Waals surface area contributed by atoms with Gasteiger partial charge in [-0.2, -0.15) is 0 Å². The van der Waals surface area contributed by atoms with E-state index in [1.54, 1.807) is 0 Å². The zero-order valence-corrected chi connectivity index (χ0v) is 28.2. The molecule has 0 bridgehead atoms.